The number of nitrogens with zero attached hydrogens (tertiary/aromatic N) is 1. The zero-order valence-electron chi connectivity index (χ0n) is 10.1. The van der Waals surface area contributed by atoms with E-state index in [1.165, 1.54) is 24.4 Å². The highest BCUT2D eigenvalue weighted by Gasteiger charge is 2.17. The summed E-state index contributed by atoms with van der Waals surface area (Å²) in [5.74, 6) is 0. The first kappa shape index (κ1) is 14.8. The average Bonchev–Trinajstić information content (AvgIpc) is 2.42. The van der Waals surface area contributed by atoms with Gasteiger partial charge in [0.1, 0.15) is 4.90 Å². The molecule has 2 aromatic rings. The normalized spacial score (nSPS) is 11.7. The maximum Gasteiger partial charge on any atom is 0.278 e. The minimum atomic E-state index is -3.85. The Balaban J connectivity index is 2.20. The van der Waals surface area contributed by atoms with Gasteiger partial charge in [-0.15, -0.1) is 0 Å². The molecular weight excluding hydrogens is 319 g/mol. The van der Waals surface area contributed by atoms with Crippen LogP contribution in [-0.4, -0.2) is 14.6 Å². The molecule has 7 heteroatoms. The molecule has 1 N–H and O–H groups in total. The third-order valence-electron chi connectivity index (χ3n) is 2.37. The summed E-state index contributed by atoms with van der Waals surface area (Å²) < 4.78 is 24.1. The predicted octanol–water partition coefficient (Wildman–Crippen LogP) is 3.31. The van der Waals surface area contributed by atoms with E-state index in [-0.39, 0.29) is 14.9 Å². The Morgan fingerprint density at radius 1 is 1.05 bits per heavy atom. The third kappa shape index (κ3) is 3.72. The first-order valence-corrected chi connectivity index (χ1v) is 7.78. The summed E-state index contributed by atoms with van der Waals surface area (Å²) in [7, 11) is -3.85. The van der Waals surface area contributed by atoms with Crippen molar-refractivity contribution in [2.24, 2.45) is 5.10 Å². The Hall–Kier alpha value is -1.56. The summed E-state index contributed by atoms with van der Waals surface area (Å²) in [6.45, 7) is 0. The fourth-order valence-electron chi connectivity index (χ4n) is 1.44. The number of rotatable bonds is 4. The van der Waals surface area contributed by atoms with Gasteiger partial charge in [0.05, 0.1) is 11.2 Å². The van der Waals surface area contributed by atoms with Crippen molar-refractivity contribution in [3.05, 3.63) is 64.1 Å². The van der Waals surface area contributed by atoms with Crippen LogP contribution in [0.1, 0.15) is 5.56 Å². The van der Waals surface area contributed by atoms with Crippen LogP contribution in [0.15, 0.2) is 58.5 Å². The zero-order chi connectivity index (χ0) is 14.6. The molecule has 20 heavy (non-hydrogen) atoms. The molecule has 0 aliphatic heterocycles. The largest absolute Gasteiger partial charge is 0.278 e. The number of nitrogens with one attached hydrogen (secondary N) is 1. The predicted molar refractivity (Wildman–Crippen MR) is 80.8 cm³/mol. The highest BCUT2D eigenvalue weighted by atomic mass is 35.5. The van der Waals surface area contributed by atoms with E-state index in [2.05, 4.69) is 9.93 Å². The second-order valence-electron chi connectivity index (χ2n) is 3.84. The van der Waals surface area contributed by atoms with Gasteiger partial charge in [0.2, 0.25) is 0 Å². The summed E-state index contributed by atoms with van der Waals surface area (Å²) in [5, 5.41) is 4.06. The van der Waals surface area contributed by atoms with Crippen LogP contribution >= 0.6 is 23.2 Å². The van der Waals surface area contributed by atoms with Crippen molar-refractivity contribution >= 4 is 39.4 Å². The first-order valence-electron chi connectivity index (χ1n) is 5.54. The standard InChI is InChI=1S/C13H10Cl2N2O2S/c14-11-6-7-12(15)13(8-11)20(18,19)17-16-9-10-4-2-1-3-5-10/h1-9,17H/b16-9+. The van der Waals surface area contributed by atoms with Crippen LogP contribution in [0.3, 0.4) is 0 Å². The number of sulfonamides is 1. The number of hydrogen-bond acceptors (Lipinski definition) is 3. The van der Waals surface area contributed by atoms with E-state index in [0.717, 1.165) is 5.56 Å². The Labute approximate surface area is 127 Å². The van der Waals surface area contributed by atoms with E-state index in [0.29, 0.717) is 0 Å². The molecule has 104 valence electrons. The smallest absolute Gasteiger partial charge is 0.200 e. The van der Waals surface area contributed by atoms with Gasteiger partial charge in [-0.25, -0.2) is 4.83 Å². The summed E-state index contributed by atoms with van der Waals surface area (Å²) in [5.41, 5.74) is 0.771. The molecule has 0 saturated carbocycles. The summed E-state index contributed by atoms with van der Waals surface area (Å²) in [6.07, 6.45) is 1.40. The molecule has 0 aliphatic rings. The molecule has 0 fully saturated rings. The van der Waals surface area contributed by atoms with Crippen LogP contribution < -0.4 is 4.83 Å². The van der Waals surface area contributed by atoms with Crippen molar-refractivity contribution in [2.75, 3.05) is 0 Å². The van der Waals surface area contributed by atoms with Gasteiger partial charge in [0.15, 0.2) is 0 Å². The fraction of sp³-hybridized carbons (Fsp3) is 0. The molecule has 0 heterocycles. The maximum atomic E-state index is 12.0. The molecule has 2 rings (SSSR count). The lowest BCUT2D eigenvalue weighted by Crippen LogP contribution is -2.18. The quantitative estimate of drug-likeness (QED) is 0.691. The average molecular weight is 329 g/mol. The van der Waals surface area contributed by atoms with Crippen molar-refractivity contribution in [1.29, 1.82) is 0 Å². The van der Waals surface area contributed by atoms with Gasteiger partial charge >= 0.3 is 0 Å². The fourth-order valence-corrected chi connectivity index (χ4v) is 3.00. The zero-order valence-corrected chi connectivity index (χ0v) is 12.5. The lowest BCUT2D eigenvalue weighted by atomic mass is 10.2. The van der Waals surface area contributed by atoms with Gasteiger partial charge in [0, 0.05) is 5.02 Å². The molecule has 0 spiro atoms. The van der Waals surface area contributed by atoms with E-state index >= 15 is 0 Å². The minimum absolute atomic E-state index is 0.0804. The van der Waals surface area contributed by atoms with Crippen LogP contribution in [0.4, 0.5) is 0 Å². The van der Waals surface area contributed by atoms with Gasteiger partial charge in [0.25, 0.3) is 10.0 Å². The van der Waals surface area contributed by atoms with Crippen LogP contribution in [0.25, 0.3) is 0 Å². The number of benzene rings is 2. The molecular formula is C13H10Cl2N2O2S. The lowest BCUT2D eigenvalue weighted by Gasteiger charge is -2.05. The second-order valence-corrected chi connectivity index (χ2v) is 6.31. The SMILES string of the molecule is O=S(=O)(N/N=C/c1ccccc1)c1cc(Cl)ccc1Cl. The van der Waals surface area contributed by atoms with Crippen molar-refractivity contribution in [2.45, 2.75) is 4.90 Å². The van der Waals surface area contributed by atoms with Gasteiger partial charge in [-0.05, 0) is 23.8 Å². The summed E-state index contributed by atoms with van der Waals surface area (Å²) in [6, 6.07) is 13.3. The van der Waals surface area contributed by atoms with Gasteiger partial charge in [-0.1, -0.05) is 53.5 Å². The van der Waals surface area contributed by atoms with E-state index < -0.39 is 10.0 Å². The Kier molecular flexibility index (Phi) is 4.65. The lowest BCUT2D eigenvalue weighted by molar-refractivity contribution is 0.585. The van der Waals surface area contributed by atoms with Crippen molar-refractivity contribution in [3.63, 3.8) is 0 Å². The van der Waals surface area contributed by atoms with E-state index in [1.807, 2.05) is 18.2 Å². The summed E-state index contributed by atoms with van der Waals surface area (Å²) in [4.78, 5) is 1.98. The summed E-state index contributed by atoms with van der Waals surface area (Å²) >= 11 is 11.6. The molecule has 0 aliphatic carbocycles. The monoisotopic (exact) mass is 328 g/mol. The molecule has 0 atom stereocenters. The van der Waals surface area contributed by atoms with Crippen molar-refractivity contribution in [3.8, 4) is 0 Å². The second kappa shape index (κ2) is 6.26. The Morgan fingerprint density at radius 2 is 1.75 bits per heavy atom. The Bertz CT molecular complexity index is 731. The van der Waals surface area contributed by atoms with Crippen LogP contribution in [0.2, 0.25) is 10.0 Å². The van der Waals surface area contributed by atoms with Crippen LogP contribution in [-0.2, 0) is 10.0 Å². The van der Waals surface area contributed by atoms with Gasteiger partial charge in [-0.3, -0.25) is 0 Å². The molecule has 0 aromatic heterocycles. The molecule has 4 nitrogen and oxygen atoms in total. The maximum absolute atomic E-state index is 12.0. The third-order valence-corrected chi connectivity index (χ3v) is 4.31. The number of hydrogen-bond donors (Lipinski definition) is 1. The molecule has 0 bridgehead atoms. The van der Waals surface area contributed by atoms with Crippen LogP contribution in [0, 0.1) is 0 Å². The van der Waals surface area contributed by atoms with E-state index in [1.54, 1.807) is 12.1 Å². The highest BCUT2D eigenvalue weighted by Crippen LogP contribution is 2.24. The highest BCUT2D eigenvalue weighted by molar-refractivity contribution is 7.89. The first-order chi connectivity index (χ1) is 9.49. The molecule has 0 unspecified atom stereocenters. The molecule has 0 saturated heterocycles. The molecule has 0 amide bonds. The van der Waals surface area contributed by atoms with Gasteiger partial charge in [-0.2, -0.15) is 13.5 Å². The van der Waals surface area contributed by atoms with Gasteiger partial charge < -0.3 is 0 Å². The van der Waals surface area contributed by atoms with Crippen LogP contribution in [0.5, 0.6) is 0 Å². The molecule has 0 radical (unpaired) electrons. The number of hydrazone groups is 1. The van der Waals surface area contributed by atoms with E-state index in [9.17, 15) is 8.42 Å². The van der Waals surface area contributed by atoms with Crippen molar-refractivity contribution in [1.82, 2.24) is 4.83 Å². The Morgan fingerprint density at radius 3 is 2.45 bits per heavy atom. The number of halogens is 2. The minimum Gasteiger partial charge on any atom is -0.200 e. The molecule has 2 aromatic carbocycles. The van der Waals surface area contributed by atoms with Crippen molar-refractivity contribution < 1.29 is 8.42 Å². The topological polar surface area (TPSA) is 58.5 Å². The van der Waals surface area contributed by atoms with E-state index in [4.69, 9.17) is 23.2 Å².